The lowest BCUT2D eigenvalue weighted by atomic mass is 10.1. The van der Waals surface area contributed by atoms with E-state index in [-0.39, 0.29) is 0 Å². The Balaban J connectivity index is 0.936. The van der Waals surface area contributed by atoms with Crippen LogP contribution >= 0.6 is 0 Å². The van der Waals surface area contributed by atoms with Crippen molar-refractivity contribution in [1.29, 1.82) is 0 Å². The minimum Gasteiger partial charge on any atom is -0.497 e. The summed E-state index contributed by atoms with van der Waals surface area (Å²) in [6, 6.07) is 43.7. The zero-order valence-corrected chi connectivity index (χ0v) is 35.2. The van der Waals surface area contributed by atoms with E-state index >= 15 is 0 Å². The van der Waals surface area contributed by atoms with E-state index in [0.29, 0.717) is 13.2 Å². The Kier molecular flexibility index (Phi) is 16.5. The highest BCUT2D eigenvalue weighted by Gasteiger charge is 2.13. The summed E-state index contributed by atoms with van der Waals surface area (Å²) in [5.41, 5.74) is 7.38. The van der Waals surface area contributed by atoms with Gasteiger partial charge in [0, 0.05) is 22.7 Å². The number of hydrogen-bond acceptors (Lipinski definition) is 10. The molecule has 0 saturated heterocycles. The second-order valence-corrected chi connectivity index (χ2v) is 14.3. The number of methoxy groups -OCH3 is 4. The molecule has 0 fully saturated rings. The van der Waals surface area contributed by atoms with Gasteiger partial charge in [0.1, 0.15) is 45.9 Å². The van der Waals surface area contributed by atoms with Crippen molar-refractivity contribution in [3.63, 3.8) is 0 Å². The summed E-state index contributed by atoms with van der Waals surface area (Å²) >= 11 is 0. The highest BCUT2D eigenvalue weighted by molar-refractivity contribution is 5.84. The van der Waals surface area contributed by atoms with Gasteiger partial charge in [-0.15, -0.1) is 0 Å². The molecule has 10 nitrogen and oxygen atoms in total. The molecule has 0 bridgehead atoms. The highest BCUT2D eigenvalue weighted by Crippen LogP contribution is 2.39. The van der Waals surface area contributed by atoms with Crippen molar-refractivity contribution in [3.8, 4) is 34.5 Å². The molecule has 6 rings (SSSR count). The predicted octanol–water partition coefficient (Wildman–Crippen LogP) is 13.3. The van der Waals surface area contributed by atoms with E-state index in [4.69, 9.17) is 28.4 Å². The molecule has 0 aromatic heterocycles. The standard InChI is InChI=1S/C50H58N4O6/c1-55-41-27-19-37(20-28-41)51-45-15-13-17-47(49(45)53-39-23-31-43(57-3)32-24-39)59-35-11-9-7-5-6-8-10-12-36-60-48-18-14-16-46(52-38-21-29-42(56-2)30-22-38)50(48)54-40-25-33-44(58-4)34-26-40/h13-34,51-54H,5-12,35-36H2,1-4H3. The molecule has 4 N–H and O–H groups in total. The normalized spacial score (nSPS) is 10.7. The maximum Gasteiger partial charge on any atom is 0.144 e. The first-order valence-corrected chi connectivity index (χ1v) is 20.7. The Morgan fingerprint density at radius 2 is 0.600 bits per heavy atom. The third-order valence-electron chi connectivity index (χ3n) is 10.1. The van der Waals surface area contributed by atoms with E-state index in [1.807, 2.05) is 133 Å². The van der Waals surface area contributed by atoms with Crippen molar-refractivity contribution in [1.82, 2.24) is 0 Å². The molecule has 0 unspecified atom stereocenters. The van der Waals surface area contributed by atoms with Crippen LogP contribution < -0.4 is 49.7 Å². The van der Waals surface area contributed by atoms with E-state index in [0.717, 1.165) is 106 Å². The third kappa shape index (κ3) is 12.9. The summed E-state index contributed by atoms with van der Waals surface area (Å²) in [4.78, 5) is 0. The van der Waals surface area contributed by atoms with Crippen LogP contribution in [0.25, 0.3) is 0 Å². The molecule has 0 aliphatic carbocycles. The molecule has 0 aliphatic rings. The van der Waals surface area contributed by atoms with E-state index in [1.165, 1.54) is 25.7 Å². The molecule has 0 heterocycles. The molecular weight excluding hydrogens is 753 g/mol. The molecule has 0 spiro atoms. The molecule has 6 aromatic carbocycles. The van der Waals surface area contributed by atoms with E-state index in [9.17, 15) is 0 Å². The Labute approximate surface area is 355 Å². The van der Waals surface area contributed by atoms with Gasteiger partial charge in [-0.3, -0.25) is 0 Å². The van der Waals surface area contributed by atoms with Crippen molar-refractivity contribution >= 4 is 45.5 Å². The van der Waals surface area contributed by atoms with Crippen LogP contribution in [0.1, 0.15) is 51.4 Å². The van der Waals surface area contributed by atoms with Crippen molar-refractivity contribution < 1.29 is 28.4 Å². The maximum atomic E-state index is 6.39. The van der Waals surface area contributed by atoms with Gasteiger partial charge in [0.2, 0.25) is 0 Å². The van der Waals surface area contributed by atoms with Gasteiger partial charge in [-0.05, 0) is 134 Å². The number of nitrogens with one attached hydrogen (secondary N) is 4. The van der Waals surface area contributed by atoms with Gasteiger partial charge >= 0.3 is 0 Å². The number of ether oxygens (including phenoxy) is 6. The molecule has 10 heteroatoms. The van der Waals surface area contributed by atoms with Gasteiger partial charge in [0.15, 0.2) is 0 Å². The topological polar surface area (TPSA) is 104 Å². The van der Waals surface area contributed by atoms with Crippen LogP contribution in [-0.4, -0.2) is 41.7 Å². The molecule has 60 heavy (non-hydrogen) atoms. The van der Waals surface area contributed by atoms with Crippen LogP contribution in [0.4, 0.5) is 45.5 Å². The summed E-state index contributed by atoms with van der Waals surface area (Å²) in [5.74, 6) is 4.84. The number of anilines is 8. The fraction of sp³-hybridized carbons (Fsp3) is 0.280. The fourth-order valence-electron chi connectivity index (χ4n) is 6.70. The van der Waals surface area contributed by atoms with Crippen molar-refractivity contribution in [2.75, 3.05) is 62.9 Å². The lowest BCUT2D eigenvalue weighted by molar-refractivity contribution is 0.302. The van der Waals surface area contributed by atoms with Gasteiger partial charge in [-0.25, -0.2) is 0 Å². The molecular formula is C50H58N4O6. The van der Waals surface area contributed by atoms with Crippen LogP contribution in [0.5, 0.6) is 34.5 Å². The second-order valence-electron chi connectivity index (χ2n) is 14.3. The van der Waals surface area contributed by atoms with Gasteiger partial charge < -0.3 is 49.7 Å². The summed E-state index contributed by atoms with van der Waals surface area (Å²) < 4.78 is 34.2. The van der Waals surface area contributed by atoms with Crippen LogP contribution in [0.2, 0.25) is 0 Å². The molecule has 0 amide bonds. The van der Waals surface area contributed by atoms with Crippen LogP contribution in [0, 0.1) is 0 Å². The summed E-state index contributed by atoms with van der Waals surface area (Å²) in [7, 11) is 6.68. The molecule has 0 radical (unpaired) electrons. The average Bonchev–Trinajstić information content (AvgIpc) is 3.29. The lowest BCUT2D eigenvalue weighted by Crippen LogP contribution is -2.04. The van der Waals surface area contributed by atoms with Gasteiger partial charge in [-0.2, -0.15) is 0 Å². The Hall–Kier alpha value is -6.68. The Morgan fingerprint density at radius 1 is 0.317 bits per heavy atom. The van der Waals surface area contributed by atoms with E-state index in [2.05, 4.69) is 21.3 Å². The third-order valence-corrected chi connectivity index (χ3v) is 10.1. The molecule has 0 saturated carbocycles. The molecule has 0 atom stereocenters. The van der Waals surface area contributed by atoms with Crippen molar-refractivity contribution in [2.24, 2.45) is 0 Å². The Morgan fingerprint density at radius 3 is 0.900 bits per heavy atom. The monoisotopic (exact) mass is 810 g/mol. The smallest absolute Gasteiger partial charge is 0.144 e. The number of para-hydroxylation sites is 2. The first-order chi connectivity index (χ1) is 29.5. The van der Waals surface area contributed by atoms with Gasteiger partial charge in [0.25, 0.3) is 0 Å². The number of unbranched alkanes of at least 4 members (excludes halogenated alkanes) is 7. The molecule has 314 valence electrons. The maximum absolute atomic E-state index is 6.39. The zero-order valence-electron chi connectivity index (χ0n) is 35.2. The number of hydrogen-bond donors (Lipinski definition) is 4. The lowest BCUT2D eigenvalue weighted by Gasteiger charge is -2.19. The van der Waals surface area contributed by atoms with Crippen molar-refractivity contribution in [3.05, 3.63) is 133 Å². The zero-order chi connectivity index (χ0) is 41.8. The number of rotatable bonds is 25. The number of benzene rings is 6. The minimum absolute atomic E-state index is 0.646. The highest BCUT2D eigenvalue weighted by atomic mass is 16.5. The largest absolute Gasteiger partial charge is 0.497 e. The SMILES string of the molecule is COc1ccc(Nc2cccc(OCCCCCCCCCCOc3cccc(Nc4ccc(OC)cc4)c3Nc3ccc(OC)cc3)c2Nc2ccc(OC)cc2)cc1. The quantitative estimate of drug-likeness (QED) is 0.0418. The van der Waals surface area contributed by atoms with Crippen LogP contribution in [-0.2, 0) is 0 Å². The summed E-state index contributed by atoms with van der Waals surface area (Å²) in [6.45, 7) is 1.29. The molecule has 6 aromatic rings. The second kappa shape index (κ2) is 23.0. The van der Waals surface area contributed by atoms with Gasteiger partial charge in [-0.1, -0.05) is 50.7 Å². The van der Waals surface area contributed by atoms with Crippen LogP contribution in [0.15, 0.2) is 133 Å². The minimum atomic E-state index is 0.646. The Bertz CT molecular complexity index is 2000. The first kappa shape index (κ1) is 42.9. The first-order valence-electron chi connectivity index (χ1n) is 20.7. The van der Waals surface area contributed by atoms with Crippen LogP contribution in [0.3, 0.4) is 0 Å². The average molecular weight is 811 g/mol. The summed E-state index contributed by atoms with van der Waals surface area (Å²) in [6.07, 6.45) is 9.02. The van der Waals surface area contributed by atoms with E-state index in [1.54, 1.807) is 28.4 Å². The van der Waals surface area contributed by atoms with E-state index < -0.39 is 0 Å². The van der Waals surface area contributed by atoms with Crippen molar-refractivity contribution in [2.45, 2.75) is 51.4 Å². The van der Waals surface area contributed by atoms with Gasteiger partial charge in [0.05, 0.1) is 53.0 Å². The fourth-order valence-corrected chi connectivity index (χ4v) is 6.70. The summed E-state index contributed by atoms with van der Waals surface area (Å²) in [5, 5.41) is 14.2. The predicted molar refractivity (Wildman–Crippen MR) is 246 cm³/mol. The molecule has 0 aliphatic heterocycles.